The van der Waals surface area contributed by atoms with Crippen molar-refractivity contribution in [3.63, 3.8) is 0 Å². The second-order valence-corrected chi connectivity index (χ2v) is 5.65. The molecule has 0 aromatic heterocycles. The highest BCUT2D eigenvalue weighted by atomic mass is 19.1. The third-order valence-electron chi connectivity index (χ3n) is 3.88. The normalized spacial score (nSPS) is 19.3. The van der Waals surface area contributed by atoms with Gasteiger partial charge in [-0.2, -0.15) is 0 Å². The highest BCUT2D eigenvalue weighted by Gasteiger charge is 2.16. The van der Waals surface area contributed by atoms with Crippen LogP contribution >= 0.6 is 0 Å². The number of benzene rings is 1. The Balaban J connectivity index is 1.81. The van der Waals surface area contributed by atoms with E-state index in [4.69, 9.17) is 4.74 Å². The monoisotopic (exact) mass is 294 g/mol. The zero-order chi connectivity index (χ0) is 15.2. The summed E-state index contributed by atoms with van der Waals surface area (Å²) in [4.78, 5) is 14.3. The van der Waals surface area contributed by atoms with Crippen LogP contribution < -0.4 is 10.1 Å². The third-order valence-corrected chi connectivity index (χ3v) is 3.88. The molecule has 1 amide bonds. The number of methoxy groups -OCH3 is 1. The molecule has 1 aliphatic rings. The number of nitrogens with one attached hydrogen (secondary N) is 1. The number of amides is 1. The van der Waals surface area contributed by atoms with Crippen LogP contribution in [0.5, 0.6) is 5.75 Å². The van der Waals surface area contributed by atoms with Gasteiger partial charge in [0.05, 0.1) is 12.7 Å². The quantitative estimate of drug-likeness (QED) is 0.906. The predicted octanol–water partition coefficient (Wildman–Crippen LogP) is 2.30. The number of carbonyl (C=O) groups is 1. The zero-order valence-corrected chi connectivity index (χ0v) is 12.7. The van der Waals surface area contributed by atoms with Gasteiger partial charge in [-0.3, -0.25) is 4.79 Å². The van der Waals surface area contributed by atoms with E-state index in [1.807, 2.05) is 0 Å². The lowest BCUT2D eigenvalue weighted by molar-refractivity contribution is 0.0939. The van der Waals surface area contributed by atoms with Crippen molar-refractivity contribution >= 4 is 5.91 Å². The molecule has 4 nitrogen and oxygen atoms in total. The highest BCUT2D eigenvalue weighted by molar-refractivity contribution is 5.94. The number of hydrogen-bond donors (Lipinski definition) is 1. The van der Waals surface area contributed by atoms with Gasteiger partial charge in [-0.05, 0) is 37.4 Å². The molecule has 1 saturated heterocycles. The van der Waals surface area contributed by atoms with E-state index in [2.05, 4.69) is 17.1 Å². The smallest absolute Gasteiger partial charge is 0.254 e. The van der Waals surface area contributed by atoms with Gasteiger partial charge in [0.25, 0.3) is 5.91 Å². The Bertz CT molecular complexity index is 493. The molecule has 1 fully saturated rings. The summed E-state index contributed by atoms with van der Waals surface area (Å²) in [5.41, 5.74) is 0.0582. The molecule has 0 aliphatic carbocycles. The molecule has 1 aromatic carbocycles. The van der Waals surface area contributed by atoms with Crippen LogP contribution in [0.3, 0.4) is 0 Å². The van der Waals surface area contributed by atoms with E-state index in [1.54, 1.807) is 6.07 Å². The summed E-state index contributed by atoms with van der Waals surface area (Å²) in [6.45, 7) is 5.76. The summed E-state index contributed by atoms with van der Waals surface area (Å²) in [5.74, 6) is 0.193. The lowest BCUT2D eigenvalue weighted by Crippen LogP contribution is -2.40. The van der Waals surface area contributed by atoms with Gasteiger partial charge < -0.3 is 15.0 Å². The molecule has 2 rings (SSSR count). The molecule has 1 atom stereocenters. The molecular weight excluding hydrogens is 271 g/mol. The second-order valence-electron chi connectivity index (χ2n) is 5.65. The molecule has 0 spiro atoms. The van der Waals surface area contributed by atoms with Crippen LogP contribution in [0, 0.1) is 11.7 Å². The molecule has 5 heteroatoms. The molecule has 1 unspecified atom stereocenters. The number of nitrogens with zero attached hydrogens (tertiary/aromatic N) is 1. The molecule has 21 heavy (non-hydrogen) atoms. The van der Waals surface area contributed by atoms with E-state index in [0.29, 0.717) is 18.2 Å². The Labute approximate surface area is 125 Å². The van der Waals surface area contributed by atoms with Crippen LogP contribution in [0.2, 0.25) is 0 Å². The van der Waals surface area contributed by atoms with Gasteiger partial charge >= 0.3 is 0 Å². The van der Waals surface area contributed by atoms with Gasteiger partial charge in [0.15, 0.2) is 0 Å². The fraction of sp³-hybridized carbons (Fsp3) is 0.562. The second kappa shape index (κ2) is 7.41. The first-order chi connectivity index (χ1) is 10.1. The van der Waals surface area contributed by atoms with Gasteiger partial charge in [-0.25, -0.2) is 4.39 Å². The van der Waals surface area contributed by atoms with Crippen molar-refractivity contribution in [1.82, 2.24) is 10.2 Å². The van der Waals surface area contributed by atoms with Gasteiger partial charge in [0, 0.05) is 25.7 Å². The van der Waals surface area contributed by atoms with Crippen LogP contribution in [0.1, 0.15) is 30.1 Å². The van der Waals surface area contributed by atoms with E-state index < -0.39 is 5.82 Å². The molecule has 0 radical (unpaired) electrons. The first-order valence-electron chi connectivity index (χ1n) is 7.44. The Morgan fingerprint density at radius 1 is 1.52 bits per heavy atom. The molecule has 116 valence electrons. The molecule has 1 N–H and O–H groups in total. The largest absolute Gasteiger partial charge is 0.497 e. The number of ether oxygens (including phenoxy) is 1. The third kappa shape index (κ3) is 4.43. The summed E-state index contributed by atoms with van der Waals surface area (Å²) in [6, 6.07) is 4.26. The SMILES string of the molecule is COc1ccc(C(=O)NCCN2CCCC(C)C2)c(F)c1. The molecule has 0 bridgehead atoms. The molecule has 1 aliphatic heterocycles. The predicted molar refractivity (Wildman–Crippen MR) is 80.1 cm³/mol. The van der Waals surface area contributed by atoms with E-state index in [0.717, 1.165) is 19.6 Å². The first kappa shape index (κ1) is 15.8. The summed E-state index contributed by atoms with van der Waals surface area (Å²) in [5, 5.41) is 2.78. The van der Waals surface area contributed by atoms with Crippen molar-refractivity contribution in [2.75, 3.05) is 33.3 Å². The first-order valence-corrected chi connectivity index (χ1v) is 7.44. The number of carbonyl (C=O) groups excluding carboxylic acids is 1. The fourth-order valence-electron chi connectivity index (χ4n) is 2.72. The zero-order valence-electron chi connectivity index (χ0n) is 12.7. The summed E-state index contributed by atoms with van der Waals surface area (Å²) in [6.07, 6.45) is 2.49. The minimum atomic E-state index is -0.557. The van der Waals surface area contributed by atoms with Crippen molar-refractivity contribution in [1.29, 1.82) is 0 Å². The average Bonchev–Trinajstić information content (AvgIpc) is 2.47. The maximum absolute atomic E-state index is 13.8. The van der Waals surface area contributed by atoms with Crippen LogP contribution in [0.15, 0.2) is 18.2 Å². The standard InChI is InChI=1S/C16H23FN2O2/c1-12-4-3-8-19(11-12)9-7-18-16(20)14-6-5-13(21-2)10-15(14)17/h5-6,10,12H,3-4,7-9,11H2,1-2H3,(H,18,20). The summed E-state index contributed by atoms with van der Waals surface area (Å²) in [7, 11) is 1.47. The van der Waals surface area contributed by atoms with Crippen molar-refractivity contribution in [2.24, 2.45) is 5.92 Å². The summed E-state index contributed by atoms with van der Waals surface area (Å²) < 4.78 is 18.7. The number of hydrogen-bond acceptors (Lipinski definition) is 3. The van der Waals surface area contributed by atoms with E-state index in [9.17, 15) is 9.18 Å². The minimum absolute atomic E-state index is 0.0582. The Hall–Kier alpha value is -1.62. The van der Waals surface area contributed by atoms with Crippen molar-refractivity contribution < 1.29 is 13.9 Å². The molecule has 1 heterocycles. The van der Waals surface area contributed by atoms with Gasteiger partial charge in [0.1, 0.15) is 11.6 Å². The fourth-order valence-corrected chi connectivity index (χ4v) is 2.72. The van der Waals surface area contributed by atoms with Crippen molar-refractivity contribution in [3.05, 3.63) is 29.6 Å². The van der Waals surface area contributed by atoms with E-state index in [-0.39, 0.29) is 11.5 Å². The number of likely N-dealkylation sites (tertiary alicyclic amines) is 1. The lowest BCUT2D eigenvalue weighted by Gasteiger charge is -2.30. The Morgan fingerprint density at radius 2 is 2.33 bits per heavy atom. The van der Waals surface area contributed by atoms with E-state index in [1.165, 1.54) is 32.1 Å². The van der Waals surface area contributed by atoms with E-state index >= 15 is 0 Å². The van der Waals surface area contributed by atoms with Crippen LogP contribution in [0.25, 0.3) is 0 Å². The van der Waals surface area contributed by atoms with Gasteiger partial charge in [0.2, 0.25) is 0 Å². The number of halogens is 1. The Kier molecular flexibility index (Phi) is 5.56. The topological polar surface area (TPSA) is 41.6 Å². The van der Waals surface area contributed by atoms with Gasteiger partial charge in [-0.1, -0.05) is 6.92 Å². The van der Waals surface area contributed by atoms with Crippen molar-refractivity contribution in [3.8, 4) is 5.75 Å². The van der Waals surface area contributed by atoms with Crippen LogP contribution in [0.4, 0.5) is 4.39 Å². The maximum atomic E-state index is 13.8. The maximum Gasteiger partial charge on any atom is 0.254 e. The number of piperidine rings is 1. The van der Waals surface area contributed by atoms with Crippen LogP contribution in [-0.2, 0) is 0 Å². The number of rotatable bonds is 5. The van der Waals surface area contributed by atoms with Crippen LogP contribution in [-0.4, -0.2) is 44.1 Å². The average molecular weight is 294 g/mol. The molecular formula is C16H23FN2O2. The highest BCUT2D eigenvalue weighted by Crippen LogP contribution is 2.16. The van der Waals surface area contributed by atoms with Gasteiger partial charge in [-0.15, -0.1) is 0 Å². The Morgan fingerprint density at radius 3 is 3.00 bits per heavy atom. The van der Waals surface area contributed by atoms with Crippen molar-refractivity contribution in [2.45, 2.75) is 19.8 Å². The minimum Gasteiger partial charge on any atom is -0.497 e. The summed E-state index contributed by atoms with van der Waals surface area (Å²) >= 11 is 0. The molecule has 0 saturated carbocycles. The molecule has 1 aromatic rings. The lowest BCUT2D eigenvalue weighted by atomic mass is 10.0.